The molecular weight excluding hydrogens is 389 g/mol. The highest BCUT2D eigenvalue weighted by molar-refractivity contribution is 5.90. The molecule has 0 aliphatic heterocycles. The first-order valence-electron chi connectivity index (χ1n) is 9.22. The molecular formula is C22H22FN3O4. The second kappa shape index (κ2) is 10.7. The van der Waals surface area contributed by atoms with E-state index >= 15 is 0 Å². The lowest BCUT2D eigenvalue weighted by molar-refractivity contribution is -0.145. The summed E-state index contributed by atoms with van der Waals surface area (Å²) in [7, 11) is 1.18. The molecule has 2 amide bonds. The van der Waals surface area contributed by atoms with Gasteiger partial charge in [-0.2, -0.15) is 5.26 Å². The highest BCUT2D eigenvalue weighted by Crippen LogP contribution is 2.13. The van der Waals surface area contributed by atoms with Crippen LogP contribution in [0.15, 0.2) is 48.5 Å². The standard InChI is InChI=1S/C22H22FN3O4/c1-14(27)25-19(12-16-8-5-6-10-18(16)23)21(28)26-20(22(29)30-2)11-15-7-3-4-9-17(15)13-24/h3-10,19-20H,11-12H2,1-2H3,(H,25,27)(H,26,28)/t19-,20-/m0/s1. The Morgan fingerprint density at radius 3 is 2.20 bits per heavy atom. The van der Waals surface area contributed by atoms with Gasteiger partial charge in [0.2, 0.25) is 11.8 Å². The minimum atomic E-state index is -1.10. The van der Waals surface area contributed by atoms with E-state index in [2.05, 4.69) is 10.6 Å². The molecule has 2 atom stereocenters. The van der Waals surface area contributed by atoms with E-state index in [4.69, 9.17) is 4.74 Å². The number of hydrogen-bond donors (Lipinski definition) is 2. The number of esters is 1. The zero-order valence-electron chi connectivity index (χ0n) is 16.6. The summed E-state index contributed by atoms with van der Waals surface area (Å²) < 4.78 is 18.8. The highest BCUT2D eigenvalue weighted by Gasteiger charge is 2.28. The van der Waals surface area contributed by atoms with Crippen molar-refractivity contribution in [3.63, 3.8) is 0 Å². The van der Waals surface area contributed by atoms with Gasteiger partial charge in [0.1, 0.15) is 17.9 Å². The molecule has 0 aromatic heterocycles. The number of ether oxygens (including phenoxy) is 1. The van der Waals surface area contributed by atoms with E-state index < -0.39 is 35.7 Å². The monoisotopic (exact) mass is 411 g/mol. The van der Waals surface area contributed by atoms with E-state index in [-0.39, 0.29) is 18.4 Å². The number of carbonyl (C=O) groups is 3. The Bertz CT molecular complexity index is 971. The van der Waals surface area contributed by atoms with Gasteiger partial charge in [-0.15, -0.1) is 0 Å². The molecule has 156 valence electrons. The van der Waals surface area contributed by atoms with Gasteiger partial charge in [-0.3, -0.25) is 9.59 Å². The second-order valence-corrected chi connectivity index (χ2v) is 6.61. The van der Waals surface area contributed by atoms with Gasteiger partial charge in [-0.1, -0.05) is 36.4 Å². The van der Waals surface area contributed by atoms with Crippen LogP contribution in [-0.4, -0.2) is 37.0 Å². The number of rotatable bonds is 8. The van der Waals surface area contributed by atoms with Gasteiger partial charge in [0.15, 0.2) is 0 Å². The molecule has 8 heteroatoms. The molecule has 7 nitrogen and oxygen atoms in total. The Morgan fingerprint density at radius 1 is 1.00 bits per heavy atom. The lowest BCUT2D eigenvalue weighted by Crippen LogP contribution is -2.53. The SMILES string of the molecule is COC(=O)[C@H](Cc1ccccc1C#N)NC(=O)[C@H](Cc1ccccc1F)NC(C)=O. The van der Waals surface area contributed by atoms with E-state index in [0.717, 1.165) is 0 Å². The number of methoxy groups -OCH3 is 1. The molecule has 2 aromatic rings. The van der Waals surface area contributed by atoms with Crippen LogP contribution in [0, 0.1) is 17.1 Å². The Kier molecular flexibility index (Phi) is 8.06. The Morgan fingerprint density at radius 2 is 1.60 bits per heavy atom. The van der Waals surface area contributed by atoms with Crippen LogP contribution in [0.2, 0.25) is 0 Å². The van der Waals surface area contributed by atoms with Gasteiger partial charge in [0, 0.05) is 19.8 Å². The van der Waals surface area contributed by atoms with Crippen LogP contribution in [0.25, 0.3) is 0 Å². The summed E-state index contributed by atoms with van der Waals surface area (Å²) in [5.41, 5.74) is 1.17. The fourth-order valence-electron chi connectivity index (χ4n) is 2.97. The lowest BCUT2D eigenvalue weighted by Gasteiger charge is -2.22. The minimum absolute atomic E-state index is 0.0225. The summed E-state index contributed by atoms with van der Waals surface area (Å²) >= 11 is 0. The van der Waals surface area contributed by atoms with E-state index in [9.17, 15) is 24.0 Å². The Balaban J connectivity index is 2.23. The molecule has 30 heavy (non-hydrogen) atoms. The third-order valence-electron chi connectivity index (χ3n) is 4.44. The average Bonchev–Trinajstić information content (AvgIpc) is 2.73. The molecule has 2 aromatic carbocycles. The molecule has 0 saturated heterocycles. The highest BCUT2D eigenvalue weighted by atomic mass is 19.1. The first-order valence-corrected chi connectivity index (χ1v) is 9.22. The molecule has 0 unspecified atom stereocenters. The molecule has 0 heterocycles. The molecule has 2 rings (SSSR count). The topological polar surface area (TPSA) is 108 Å². The van der Waals surface area contributed by atoms with E-state index in [1.54, 1.807) is 30.3 Å². The van der Waals surface area contributed by atoms with Crippen molar-refractivity contribution in [1.29, 1.82) is 5.26 Å². The Labute approximate surface area is 173 Å². The summed E-state index contributed by atoms with van der Waals surface area (Å²) in [5.74, 6) is -2.36. The van der Waals surface area contributed by atoms with E-state index in [1.165, 1.54) is 32.2 Å². The summed E-state index contributed by atoms with van der Waals surface area (Å²) in [6.45, 7) is 1.24. The van der Waals surface area contributed by atoms with Gasteiger partial charge in [0.05, 0.1) is 18.7 Å². The quantitative estimate of drug-likeness (QED) is 0.642. The van der Waals surface area contributed by atoms with Crippen LogP contribution in [-0.2, 0) is 32.0 Å². The molecule has 0 aliphatic carbocycles. The van der Waals surface area contributed by atoms with Crippen LogP contribution in [0.5, 0.6) is 0 Å². The van der Waals surface area contributed by atoms with Gasteiger partial charge in [0.25, 0.3) is 0 Å². The smallest absolute Gasteiger partial charge is 0.328 e. The van der Waals surface area contributed by atoms with Crippen molar-refractivity contribution in [1.82, 2.24) is 10.6 Å². The molecule has 0 saturated carbocycles. The molecule has 0 fully saturated rings. The lowest BCUT2D eigenvalue weighted by atomic mass is 9.99. The summed E-state index contributed by atoms with van der Waals surface area (Å²) in [6.07, 6.45) is -0.0740. The minimum Gasteiger partial charge on any atom is -0.467 e. The van der Waals surface area contributed by atoms with Crippen molar-refractivity contribution in [3.8, 4) is 6.07 Å². The number of benzene rings is 2. The van der Waals surface area contributed by atoms with Gasteiger partial charge in [-0.05, 0) is 23.3 Å². The summed E-state index contributed by atoms with van der Waals surface area (Å²) in [5, 5.41) is 14.3. The number of hydrogen-bond acceptors (Lipinski definition) is 5. The predicted octanol–water partition coefficient (Wildman–Crippen LogP) is 1.65. The number of nitrogens with zero attached hydrogens (tertiary/aromatic N) is 1. The van der Waals surface area contributed by atoms with Crippen LogP contribution >= 0.6 is 0 Å². The molecule has 0 spiro atoms. The number of amides is 2. The third-order valence-corrected chi connectivity index (χ3v) is 4.44. The summed E-state index contributed by atoms with van der Waals surface area (Å²) in [4.78, 5) is 36.7. The van der Waals surface area contributed by atoms with Crippen molar-refractivity contribution in [2.45, 2.75) is 31.8 Å². The summed E-state index contributed by atoms with van der Waals surface area (Å²) in [6, 6.07) is 12.4. The van der Waals surface area contributed by atoms with Gasteiger partial charge < -0.3 is 15.4 Å². The number of carbonyl (C=O) groups excluding carboxylic acids is 3. The maximum absolute atomic E-state index is 14.0. The van der Waals surface area contributed by atoms with Crippen molar-refractivity contribution in [3.05, 3.63) is 71.0 Å². The molecule has 0 bridgehead atoms. The molecule has 0 radical (unpaired) electrons. The number of halogens is 1. The van der Waals surface area contributed by atoms with Gasteiger partial charge in [-0.25, -0.2) is 9.18 Å². The number of nitriles is 1. The van der Waals surface area contributed by atoms with Crippen LogP contribution < -0.4 is 10.6 Å². The average molecular weight is 411 g/mol. The van der Waals surface area contributed by atoms with Crippen molar-refractivity contribution < 1.29 is 23.5 Å². The van der Waals surface area contributed by atoms with Crippen molar-refractivity contribution in [2.24, 2.45) is 0 Å². The van der Waals surface area contributed by atoms with E-state index in [0.29, 0.717) is 11.1 Å². The van der Waals surface area contributed by atoms with Crippen LogP contribution in [0.1, 0.15) is 23.6 Å². The fourth-order valence-corrected chi connectivity index (χ4v) is 2.97. The maximum Gasteiger partial charge on any atom is 0.328 e. The van der Waals surface area contributed by atoms with Crippen LogP contribution in [0.3, 0.4) is 0 Å². The van der Waals surface area contributed by atoms with Gasteiger partial charge >= 0.3 is 5.97 Å². The Hall–Kier alpha value is -3.73. The van der Waals surface area contributed by atoms with E-state index in [1.807, 2.05) is 6.07 Å². The maximum atomic E-state index is 14.0. The fraction of sp³-hybridized carbons (Fsp3) is 0.273. The first-order chi connectivity index (χ1) is 14.3. The molecule has 0 aliphatic rings. The predicted molar refractivity (Wildman–Crippen MR) is 107 cm³/mol. The largest absolute Gasteiger partial charge is 0.467 e. The van der Waals surface area contributed by atoms with Crippen molar-refractivity contribution in [2.75, 3.05) is 7.11 Å². The zero-order valence-corrected chi connectivity index (χ0v) is 16.6. The number of nitrogens with one attached hydrogen (secondary N) is 2. The third kappa shape index (κ3) is 6.14. The molecule has 2 N–H and O–H groups in total. The normalized spacial score (nSPS) is 12.2. The van der Waals surface area contributed by atoms with Crippen LogP contribution in [0.4, 0.5) is 4.39 Å². The first kappa shape index (κ1) is 22.6. The van der Waals surface area contributed by atoms with Crippen molar-refractivity contribution >= 4 is 17.8 Å². The zero-order chi connectivity index (χ0) is 22.1. The second-order valence-electron chi connectivity index (χ2n) is 6.61.